The van der Waals surface area contributed by atoms with Crippen LogP contribution in [-0.4, -0.2) is 36.5 Å². The molecule has 2 fully saturated rings. The molecule has 2 aliphatic rings. The zero-order valence-corrected chi connectivity index (χ0v) is 10.7. The van der Waals surface area contributed by atoms with E-state index in [2.05, 4.69) is 26.1 Å². The average Bonchev–Trinajstić information content (AvgIpc) is 2.22. The minimum Gasteiger partial charge on any atom is -0.393 e. The summed E-state index contributed by atoms with van der Waals surface area (Å²) in [5.41, 5.74) is 0.367. The molecule has 1 heterocycles. The largest absolute Gasteiger partial charge is 0.393 e. The first-order chi connectivity index (χ1) is 7.48. The van der Waals surface area contributed by atoms with Crippen molar-refractivity contribution in [1.29, 1.82) is 0 Å². The van der Waals surface area contributed by atoms with Crippen molar-refractivity contribution in [2.24, 2.45) is 11.3 Å². The number of ether oxygens (including phenoxy) is 1. The van der Waals surface area contributed by atoms with E-state index >= 15 is 0 Å². The topological polar surface area (TPSA) is 41.5 Å². The normalized spacial score (nSPS) is 44.2. The van der Waals surface area contributed by atoms with Crippen molar-refractivity contribution < 1.29 is 9.84 Å². The van der Waals surface area contributed by atoms with Gasteiger partial charge in [0.15, 0.2) is 0 Å². The third-order valence-corrected chi connectivity index (χ3v) is 4.08. The Kier molecular flexibility index (Phi) is 3.57. The predicted octanol–water partition coefficient (Wildman–Crippen LogP) is 1.55. The average molecular weight is 227 g/mol. The maximum Gasteiger partial charge on any atom is 0.0624 e. The lowest BCUT2D eigenvalue weighted by Gasteiger charge is -2.44. The minimum absolute atomic E-state index is 0.153. The highest BCUT2D eigenvalue weighted by molar-refractivity contribution is 4.93. The molecule has 0 spiro atoms. The van der Waals surface area contributed by atoms with Crippen molar-refractivity contribution in [3.8, 4) is 0 Å². The molecule has 1 aliphatic carbocycles. The smallest absolute Gasteiger partial charge is 0.0624 e. The third-order valence-electron chi connectivity index (χ3n) is 4.08. The number of aliphatic hydroxyl groups is 1. The lowest BCUT2D eigenvalue weighted by molar-refractivity contribution is -0.0413. The predicted molar refractivity (Wildman–Crippen MR) is 64.3 cm³/mol. The molecule has 4 unspecified atom stereocenters. The Balaban J connectivity index is 2.00. The first kappa shape index (κ1) is 12.3. The van der Waals surface area contributed by atoms with Gasteiger partial charge in [0.05, 0.1) is 19.3 Å². The van der Waals surface area contributed by atoms with Crippen molar-refractivity contribution in [2.45, 2.75) is 58.2 Å². The maximum atomic E-state index is 10.1. The number of rotatable bonds is 1. The van der Waals surface area contributed by atoms with Gasteiger partial charge in [-0.05, 0) is 31.6 Å². The number of nitrogens with one attached hydrogen (secondary N) is 1. The third kappa shape index (κ3) is 2.76. The van der Waals surface area contributed by atoms with Crippen molar-refractivity contribution >= 4 is 0 Å². The summed E-state index contributed by atoms with van der Waals surface area (Å²) in [5, 5.41) is 13.7. The SMILES string of the molecule is CC1COCC(C2CC(C)(C)CCC2O)N1. The Morgan fingerprint density at radius 3 is 2.75 bits per heavy atom. The van der Waals surface area contributed by atoms with Crippen LogP contribution >= 0.6 is 0 Å². The van der Waals surface area contributed by atoms with Crippen LogP contribution in [0.1, 0.15) is 40.0 Å². The van der Waals surface area contributed by atoms with Crippen LogP contribution in [0, 0.1) is 11.3 Å². The van der Waals surface area contributed by atoms with E-state index in [1.807, 2.05) is 0 Å². The number of hydrogen-bond donors (Lipinski definition) is 2. The summed E-state index contributed by atoms with van der Waals surface area (Å²) in [6, 6.07) is 0.745. The fourth-order valence-electron chi connectivity index (χ4n) is 3.12. The molecule has 1 saturated carbocycles. The van der Waals surface area contributed by atoms with E-state index < -0.39 is 0 Å². The fourth-order valence-corrected chi connectivity index (χ4v) is 3.12. The summed E-state index contributed by atoms with van der Waals surface area (Å²) in [7, 11) is 0. The van der Waals surface area contributed by atoms with Gasteiger partial charge >= 0.3 is 0 Å². The van der Waals surface area contributed by atoms with Gasteiger partial charge in [0.25, 0.3) is 0 Å². The van der Waals surface area contributed by atoms with Crippen LogP contribution in [0.5, 0.6) is 0 Å². The van der Waals surface area contributed by atoms with Crippen LogP contribution in [0.25, 0.3) is 0 Å². The summed E-state index contributed by atoms with van der Waals surface area (Å²) in [5.74, 6) is 0.353. The van der Waals surface area contributed by atoms with Gasteiger partial charge in [-0.1, -0.05) is 13.8 Å². The van der Waals surface area contributed by atoms with Crippen LogP contribution < -0.4 is 5.32 Å². The molecule has 0 aromatic carbocycles. The molecular formula is C13H25NO2. The second-order valence-electron chi connectivity index (χ2n) is 6.35. The highest BCUT2D eigenvalue weighted by Crippen LogP contribution is 2.40. The Bertz CT molecular complexity index is 242. The van der Waals surface area contributed by atoms with Gasteiger partial charge in [0, 0.05) is 18.0 Å². The number of aliphatic hydroxyl groups excluding tert-OH is 1. The molecule has 0 aromatic heterocycles. The molecule has 2 N–H and O–H groups in total. The van der Waals surface area contributed by atoms with Gasteiger partial charge in [-0.25, -0.2) is 0 Å². The summed E-state index contributed by atoms with van der Waals surface area (Å²) in [6.07, 6.45) is 3.01. The Morgan fingerprint density at radius 1 is 1.31 bits per heavy atom. The van der Waals surface area contributed by atoms with Crippen molar-refractivity contribution in [1.82, 2.24) is 5.32 Å². The highest BCUT2D eigenvalue weighted by Gasteiger charge is 2.39. The van der Waals surface area contributed by atoms with Gasteiger partial charge in [0.1, 0.15) is 0 Å². The van der Waals surface area contributed by atoms with Crippen LogP contribution in [0.3, 0.4) is 0 Å². The molecule has 0 aromatic rings. The fraction of sp³-hybridized carbons (Fsp3) is 1.00. The monoisotopic (exact) mass is 227 g/mol. The maximum absolute atomic E-state index is 10.1. The van der Waals surface area contributed by atoms with Crippen LogP contribution in [0.4, 0.5) is 0 Å². The molecule has 94 valence electrons. The van der Waals surface area contributed by atoms with Gasteiger partial charge in [-0.15, -0.1) is 0 Å². The number of morpholine rings is 1. The summed E-state index contributed by atoms with van der Waals surface area (Å²) >= 11 is 0. The van der Waals surface area contributed by atoms with E-state index in [1.54, 1.807) is 0 Å². The van der Waals surface area contributed by atoms with Crippen LogP contribution in [0.15, 0.2) is 0 Å². The second kappa shape index (κ2) is 4.63. The van der Waals surface area contributed by atoms with E-state index in [-0.39, 0.29) is 6.10 Å². The molecule has 0 bridgehead atoms. The first-order valence-corrected chi connectivity index (χ1v) is 6.50. The van der Waals surface area contributed by atoms with Gasteiger partial charge < -0.3 is 15.2 Å². The van der Waals surface area contributed by atoms with E-state index in [1.165, 1.54) is 0 Å². The Labute approximate surface area is 98.6 Å². The van der Waals surface area contributed by atoms with Crippen molar-refractivity contribution in [3.63, 3.8) is 0 Å². The standard InChI is InChI=1S/C13H25NO2/c1-9-7-16-8-11(14-9)10-6-13(2,3)5-4-12(10)15/h9-12,14-15H,4-8H2,1-3H3. The zero-order valence-electron chi connectivity index (χ0n) is 10.7. The summed E-state index contributed by atoms with van der Waals surface area (Å²) in [4.78, 5) is 0. The minimum atomic E-state index is -0.153. The van der Waals surface area contributed by atoms with Crippen molar-refractivity contribution in [2.75, 3.05) is 13.2 Å². The quantitative estimate of drug-likeness (QED) is 0.714. The molecule has 16 heavy (non-hydrogen) atoms. The molecular weight excluding hydrogens is 202 g/mol. The molecule has 4 atom stereocenters. The molecule has 0 amide bonds. The van der Waals surface area contributed by atoms with E-state index in [4.69, 9.17) is 4.74 Å². The Hall–Kier alpha value is -0.120. The van der Waals surface area contributed by atoms with E-state index in [9.17, 15) is 5.11 Å². The van der Waals surface area contributed by atoms with Crippen LogP contribution in [-0.2, 0) is 4.74 Å². The zero-order chi connectivity index (χ0) is 11.8. The first-order valence-electron chi connectivity index (χ1n) is 6.50. The van der Waals surface area contributed by atoms with Crippen LogP contribution in [0.2, 0.25) is 0 Å². The highest BCUT2D eigenvalue weighted by atomic mass is 16.5. The number of hydrogen-bond acceptors (Lipinski definition) is 3. The summed E-state index contributed by atoms with van der Waals surface area (Å²) < 4.78 is 5.59. The van der Waals surface area contributed by atoms with E-state index in [0.717, 1.165) is 32.5 Å². The molecule has 1 saturated heterocycles. The molecule has 2 rings (SSSR count). The molecule has 0 radical (unpaired) electrons. The molecule has 1 aliphatic heterocycles. The van der Waals surface area contributed by atoms with Gasteiger partial charge in [-0.3, -0.25) is 0 Å². The summed E-state index contributed by atoms with van der Waals surface area (Å²) in [6.45, 7) is 8.30. The second-order valence-corrected chi connectivity index (χ2v) is 6.35. The van der Waals surface area contributed by atoms with Gasteiger partial charge in [0.2, 0.25) is 0 Å². The van der Waals surface area contributed by atoms with E-state index in [0.29, 0.717) is 23.4 Å². The molecule has 3 nitrogen and oxygen atoms in total. The molecule has 3 heteroatoms. The lowest BCUT2D eigenvalue weighted by atomic mass is 9.68. The van der Waals surface area contributed by atoms with Gasteiger partial charge in [-0.2, -0.15) is 0 Å². The van der Waals surface area contributed by atoms with Crippen molar-refractivity contribution in [3.05, 3.63) is 0 Å². The lowest BCUT2D eigenvalue weighted by Crippen LogP contribution is -2.55. The Morgan fingerprint density at radius 2 is 2.06 bits per heavy atom.